The average molecular weight is 264 g/mol. The lowest BCUT2D eigenvalue weighted by molar-refractivity contribution is -0.107. The Morgan fingerprint density at radius 3 is 2.32 bits per heavy atom. The minimum atomic E-state index is -0.939. The van der Waals surface area contributed by atoms with E-state index < -0.39 is 11.8 Å². The van der Waals surface area contributed by atoms with Crippen molar-refractivity contribution in [2.24, 2.45) is 0 Å². The summed E-state index contributed by atoms with van der Waals surface area (Å²) in [5.41, 5.74) is 0.138. The molecule has 2 N–H and O–H groups in total. The molecule has 1 heterocycles. The van der Waals surface area contributed by atoms with Crippen LogP contribution in [0.1, 0.15) is 12.5 Å². The molecule has 0 radical (unpaired) electrons. The van der Waals surface area contributed by atoms with Crippen molar-refractivity contribution in [3.8, 4) is 0 Å². The van der Waals surface area contributed by atoms with Crippen molar-refractivity contribution in [2.75, 3.05) is 26.2 Å². The molecule has 1 aromatic rings. The molecule has 1 saturated heterocycles. The van der Waals surface area contributed by atoms with Gasteiger partial charge in [0.2, 0.25) is 0 Å². The number of benzene rings is 1. The van der Waals surface area contributed by atoms with Crippen LogP contribution in [-0.2, 0) is 6.42 Å². The van der Waals surface area contributed by atoms with E-state index in [1.54, 1.807) is 6.92 Å². The number of aliphatic hydroxyl groups is 1. The highest BCUT2D eigenvalue weighted by atomic mass is 16.4. The van der Waals surface area contributed by atoms with Gasteiger partial charge in [-0.15, -0.1) is 0 Å². The van der Waals surface area contributed by atoms with Gasteiger partial charge in [0.15, 0.2) is 0 Å². The maximum Gasteiger partial charge on any atom is 0.407 e. The summed E-state index contributed by atoms with van der Waals surface area (Å²) < 4.78 is 0. The van der Waals surface area contributed by atoms with Gasteiger partial charge in [-0.25, -0.2) is 4.79 Å². The molecule has 19 heavy (non-hydrogen) atoms. The van der Waals surface area contributed by atoms with E-state index in [2.05, 4.69) is 0 Å². The molecule has 0 aromatic heterocycles. The molecule has 1 aliphatic rings. The maximum atomic E-state index is 10.8. The first kappa shape index (κ1) is 13.8. The molecule has 5 nitrogen and oxygen atoms in total. The normalized spacial score (nSPS) is 20.0. The SMILES string of the molecule is C[C@@](O)(Cc1ccccc1)N1CCN(C(=O)O)CC1. The van der Waals surface area contributed by atoms with Crippen LogP contribution in [0.5, 0.6) is 0 Å². The summed E-state index contributed by atoms with van der Waals surface area (Å²) in [6, 6.07) is 9.83. The fourth-order valence-corrected chi connectivity index (χ4v) is 2.47. The van der Waals surface area contributed by atoms with Crippen molar-refractivity contribution in [3.63, 3.8) is 0 Å². The smallest absolute Gasteiger partial charge is 0.407 e. The highest BCUT2D eigenvalue weighted by molar-refractivity contribution is 5.65. The summed E-state index contributed by atoms with van der Waals surface area (Å²) >= 11 is 0. The molecule has 1 amide bonds. The van der Waals surface area contributed by atoms with Gasteiger partial charge in [0.25, 0.3) is 0 Å². The highest BCUT2D eigenvalue weighted by Gasteiger charge is 2.33. The minimum absolute atomic E-state index is 0.445. The monoisotopic (exact) mass is 264 g/mol. The summed E-state index contributed by atoms with van der Waals surface area (Å²) in [6.45, 7) is 3.80. The predicted molar refractivity (Wildman–Crippen MR) is 71.9 cm³/mol. The second-order valence-corrected chi connectivity index (χ2v) is 5.14. The van der Waals surface area contributed by atoms with Gasteiger partial charge >= 0.3 is 6.09 Å². The molecule has 104 valence electrons. The fraction of sp³-hybridized carbons (Fsp3) is 0.500. The number of carbonyl (C=O) groups is 1. The van der Waals surface area contributed by atoms with Gasteiger partial charge in [0.05, 0.1) is 0 Å². The standard InChI is InChI=1S/C14H20N2O3/c1-14(19,11-12-5-3-2-4-6-12)16-9-7-15(8-10-16)13(17)18/h2-6,19H,7-11H2,1H3,(H,17,18)/t14-/m1/s1. The van der Waals surface area contributed by atoms with E-state index in [4.69, 9.17) is 5.11 Å². The Bertz CT molecular complexity index is 426. The summed E-state index contributed by atoms with van der Waals surface area (Å²) in [5.74, 6) is 0. The molecule has 5 heteroatoms. The van der Waals surface area contributed by atoms with Crippen LogP contribution in [0.2, 0.25) is 0 Å². The third-order valence-electron chi connectivity index (χ3n) is 3.61. The molecule has 0 saturated carbocycles. The molecular weight excluding hydrogens is 244 g/mol. The first-order valence-corrected chi connectivity index (χ1v) is 6.48. The Kier molecular flexibility index (Phi) is 4.07. The lowest BCUT2D eigenvalue weighted by Gasteiger charge is -2.42. The minimum Gasteiger partial charge on any atom is -0.465 e. The van der Waals surface area contributed by atoms with E-state index >= 15 is 0 Å². The first-order valence-electron chi connectivity index (χ1n) is 6.48. The molecule has 1 atom stereocenters. The summed E-state index contributed by atoms with van der Waals surface area (Å²) in [7, 11) is 0. The van der Waals surface area contributed by atoms with E-state index in [1.807, 2.05) is 35.2 Å². The van der Waals surface area contributed by atoms with Crippen molar-refractivity contribution in [3.05, 3.63) is 35.9 Å². The summed E-state index contributed by atoms with van der Waals surface area (Å²) in [4.78, 5) is 14.2. The van der Waals surface area contributed by atoms with Crippen LogP contribution < -0.4 is 0 Å². The molecule has 0 spiro atoms. The lowest BCUT2D eigenvalue weighted by Crippen LogP contribution is -2.57. The van der Waals surface area contributed by atoms with Gasteiger partial charge in [0.1, 0.15) is 5.72 Å². The summed E-state index contributed by atoms with van der Waals surface area (Å²) in [5, 5.41) is 19.5. The van der Waals surface area contributed by atoms with Crippen molar-refractivity contribution in [2.45, 2.75) is 19.1 Å². The number of hydrogen-bond donors (Lipinski definition) is 2. The van der Waals surface area contributed by atoms with E-state index in [9.17, 15) is 9.90 Å². The molecular formula is C14H20N2O3. The number of piperazine rings is 1. The van der Waals surface area contributed by atoms with Crippen LogP contribution in [-0.4, -0.2) is 58.0 Å². The van der Waals surface area contributed by atoms with Gasteiger partial charge in [-0.3, -0.25) is 4.90 Å². The van der Waals surface area contributed by atoms with E-state index in [0.717, 1.165) is 5.56 Å². The van der Waals surface area contributed by atoms with Gasteiger partial charge < -0.3 is 15.1 Å². The third kappa shape index (κ3) is 3.45. The van der Waals surface area contributed by atoms with Crippen molar-refractivity contribution >= 4 is 6.09 Å². The first-order chi connectivity index (χ1) is 8.99. The molecule has 1 aliphatic heterocycles. The van der Waals surface area contributed by atoms with Crippen molar-refractivity contribution in [1.82, 2.24) is 9.80 Å². The zero-order valence-corrected chi connectivity index (χ0v) is 11.1. The zero-order chi connectivity index (χ0) is 13.9. The predicted octanol–water partition coefficient (Wildman–Crippen LogP) is 1.23. The lowest BCUT2D eigenvalue weighted by atomic mass is 10.0. The van der Waals surface area contributed by atoms with Crippen LogP contribution >= 0.6 is 0 Å². The van der Waals surface area contributed by atoms with Crippen LogP contribution in [0.3, 0.4) is 0 Å². The van der Waals surface area contributed by atoms with E-state index in [0.29, 0.717) is 32.6 Å². The Morgan fingerprint density at radius 1 is 1.21 bits per heavy atom. The van der Waals surface area contributed by atoms with Crippen LogP contribution in [0, 0.1) is 0 Å². The Hall–Kier alpha value is -1.59. The highest BCUT2D eigenvalue weighted by Crippen LogP contribution is 2.19. The topological polar surface area (TPSA) is 64.0 Å². The molecule has 2 rings (SSSR count). The molecule has 1 aromatic carbocycles. The Balaban J connectivity index is 1.95. The average Bonchev–Trinajstić information content (AvgIpc) is 2.39. The molecule has 0 unspecified atom stereocenters. The van der Waals surface area contributed by atoms with Gasteiger partial charge in [-0.05, 0) is 12.5 Å². The fourth-order valence-electron chi connectivity index (χ4n) is 2.47. The van der Waals surface area contributed by atoms with E-state index in [1.165, 1.54) is 4.90 Å². The Labute approximate surface area is 113 Å². The van der Waals surface area contributed by atoms with E-state index in [-0.39, 0.29) is 0 Å². The van der Waals surface area contributed by atoms with Crippen LogP contribution in [0.4, 0.5) is 4.79 Å². The number of hydrogen-bond acceptors (Lipinski definition) is 3. The largest absolute Gasteiger partial charge is 0.465 e. The van der Waals surface area contributed by atoms with Crippen LogP contribution in [0.25, 0.3) is 0 Å². The number of rotatable bonds is 3. The summed E-state index contributed by atoms with van der Waals surface area (Å²) in [6.07, 6.45) is -0.344. The molecule has 1 fully saturated rings. The van der Waals surface area contributed by atoms with Crippen molar-refractivity contribution in [1.29, 1.82) is 0 Å². The molecule has 0 aliphatic carbocycles. The molecule has 0 bridgehead atoms. The zero-order valence-electron chi connectivity index (χ0n) is 11.1. The number of amides is 1. The quantitative estimate of drug-likeness (QED) is 0.862. The Morgan fingerprint density at radius 2 is 1.79 bits per heavy atom. The van der Waals surface area contributed by atoms with Gasteiger partial charge in [-0.2, -0.15) is 0 Å². The maximum absolute atomic E-state index is 10.8. The number of carboxylic acid groups (broad SMARTS) is 1. The third-order valence-corrected chi connectivity index (χ3v) is 3.61. The van der Waals surface area contributed by atoms with Gasteiger partial charge in [-0.1, -0.05) is 30.3 Å². The number of nitrogens with zero attached hydrogens (tertiary/aromatic N) is 2. The second kappa shape index (κ2) is 5.59. The van der Waals surface area contributed by atoms with Crippen LogP contribution in [0.15, 0.2) is 30.3 Å². The van der Waals surface area contributed by atoms with Crippen molar-refractivity contribution < 1.29 is 15.0 Å². The second-order valence-electron chi connectivity index (χ2n) is 5.14. The van der Waals surface area contributed by atoms with Gasteiger partial charge in [0, 0.05) is 32.6 Å².